The number of aliphatic hydroxyl groups is 1. The minimum absolute atomic E-state index is 0.0131. The fraction of sp³-hybridized carbons (Fsp3) is 0.588. The fourth-order valence-electron chi connectivity index (χ4n) is 3.12. The zero-order valence-electron chi connectivity index (χ0n) is 13.6. The van der Waals surface area contributed by atoms with Crippen molar-refractivity contribution in [1.82, 2.24) is 4.90 Å². The summed E-state index contributed by atoms with van der Waals surface area (Å²) >= 11 is 0. The van der Waals surface area contributed by atoms with Crippen LogP contribution in [0.1, 0.15) is 38.2 Å². The molecule has 0 bridgehead atoms. The second-order valence-corrected chi connectivity index (χ2v) is 6.12. The molecule has 1 N–H and O–H groups in total. The van der Waals surface area contributed by atoms with Gasteiger partial charge in [-0.3, -0.25) is 4.79 Å². The van der Waals surface area contributed by atoms with Crippen LogP contribution in [-0.2, 0) is 11.2 Å². The van der Waals surface area contributed by atoms with Crippen molar-refractivity contribution in [3.63, 3.8) is 0 Å². The molecule has 0 aromatic heterocycles. The molecule has 0 aliphatic carbocycles. The van der Waals surface area contributed by atoms with Gasteiger partial charge in [0.25, 0.3) is 0 Å². The van der Waals surface area contributed by atoms with Crippen LogP contribution in [-0.4, -0.2) is 41.0 Å². The first-order chi connectivity index (χ1) is 11.3. The summed E-state index contributed by atoms with van der Waals surface area (Å²) in [4.78, 5) is 14.1. The van der Waals surface area contributed by atoms with E-state index < -0.39 is 12.5 Å². The lowest BCUT2D eigenvalue weighted by Crippen LogP contribution is -2.37. The Labute approximate surface area is 139 Å². The number of likely N-dealkylation sites (tertiary alicyclic amines) is 1. The Bertz CT molecular complexity index is 560. The summed E-state index contributed by atoms with van der Waals surface area (Å²) in [5.41, 5.74) is 0.356. The van der Waals surface area contributed by atoms with E-state index in [-0.39, 0.29) is 30.5 Å². The molecular formula is C17H22F3NO3. The number of rotatable bonds is 6. The number of halogens is 3. The third-order valence-electron chi connectivity index (χ3n) is 4.12. The van der Waals surface area contributed by atoms with E-state index in [4.69, 9.17) is 0 Å². The van der Waals surface area contributed by atoms with E-state index >= 15 is 0 Å². The van der Waals surface area contributed by atoms with Crippen LogP contribution in [0.25, 0.3) is 0 Å². The van der Waals surface area contributed by atoms with Crippen molar-refractivity contribution in [1.29, 1.82) is 0 Å². The van der Waals surface area contributed by atoms with Crippen molar-refractivity contribution >= 4 is 5.91 Å². The average molecular weight is 345 g/mol. The lowest BCUT2D eigenvalue weighted by atomic mass is 10.1. The molecule has 134 valence electrons. The number of ether oxygens (including phenoxy) is 1. The summed E-state index contributed by atoms with van der Waals surface area (Å²) in [6.07, 6.45) is -2.67. The Balaban J connectivity index is 1.97. The van der Waals surface area contributed by atoms with Crippen molar-refractivity contribution < 1.29 is 27.8 Å². The summed E-state index contributed by atoms with van der Waals surface area (Å²) in [7, 11) is 0. The summed E-state index contributed by atoms with van der Waals surface area (Å²) in [5, 5.41) is 9.50. The molecule has 0 saturated carbocycles. The zero-order chi connectivity index (χ0) is 17.7. The molecule has 0 spiro atoms. The van der Waals surface area contributed by atoms with Crippen LogP contribution in [0, 0.1) is 0 Å². The Morgan fingerprint density at radius 1 is 1.42 bits per heavy atom. The van der Waals surface area contributed by atoms with E-state index in [0.717, 1.165) is 12.8 Å². The van der Waals surface area contributed by atoms with Crippen LogP contribution in [0.3, 0.4) is 0 Å². The molecule has 1 aliphatic rings. The number of carbonyl (C=O) groups is 1. The fourth-order valence-corrected chi connectivity index (χ4v) is 3.12. The summed E-state index contributed by atoms with van der Waals surface area (Å²) < 4.78 is 41.3. The van der Waals surface area contributed by atoms with Gasteiger partial charge in [0.1, 0.15) is 5.75 Å². The Morgan fingerprint density at radius 3 is 2.79 bits per heavy atom. The van der Waals surface area contributed by atoms with Crippen molar-refractivity contribution in [2.45, 2.75) is 57.5 Å². The number of benzene rings is 1. The predicted octanol–water partition coefficient (Wildman–Crippen LogP) is 3.28. The zero-order valence-corrected chi connectivity index (χ0v) is 13.6. The molecule has 2 unspecified atom stereocenters. The number of aryl methyl sites for hydroxylation is 1. The number of hydrogen-bond acceptors (Lipinski definition) is 3. The Hall–Kier alpha value is -1.76. The number of aliphatic hydroxyl groups excluding tert-OH is 1. The van der Waals surface area contributed by atoms with Crippen molar-refractivity contribution in [2.75, 3.05) is 6.54 Å². The first-order valence-corrected chi connectivity index (χ1v) is 8.07. The second-order valence-electron chi connectivity index (χ2n) is 6.12. The van der Waals surface area contributed by atoms with Crippen molar-refractivity contribution in [2.24, 2.45) is 0 Å². The maximum absolute atomic E-state index is 12.4. The number of amides is 1. The summed E-state index contributed by atoms with van der Waals surface area (Å²) in [5.74, 6) is -0.361. The molecule has 1 saturated heterocycles. The summed E-state index contributed by atoms with van der Waals surface area (Å²) in [6.45, 7) is 2.32. The number of para-hydroxylation sites is 1. The van der Waals surface area contributed by atoms with Gasteiger partial charge < -0.3 is 14.7 Å². The van der Waals surface area contributed by atoms with Crippen LogP contribution in [0.2, 0.25) is 0 Å². The van der Waals surface area contributed by atoms with Gasteiger partial charge in [-0.05, 0) is 44.2 Å². The molecule has 4 nitrogen and oxygen atoms in total. The van der Waals surface area contributed by atoms with Gasteiger partial charge in [-0.25, -0.2) is 0 Å². The highest BCUT2D eigenvalue weighted by molar-refractivity contribution is 5.77. The van der Waals surface area contributed by atoms with Crippen LogP contribution in [0.4, 0.5) is 13.2 Å². The monoisotopic (exact) mass is 345 g/mol. The van der Waals surface area contributed by atoms with E-state index in [1.165, 1.54) is 18.2 Å². The average Bonchev–Trinajstić information content (AvgIpc) is 2.92. The van der Waals surface area contributed by atoms with E-state index in [0.29, 0.717) is 18.5 Å². The van der Waals surface area contributed by atoms with Crippen molar-refractivity contribution in [3.05, 3.63) is 29.8 Å². The minimum atomic E-state index is -4.75. The van der Waals surface area contributed by atoms with Gasteiger partial charge in [-0.2, -0.15) is 0 Å². The lowest BCUT2D eigenvalue weighted by Gasteiger charge is -2.26. The van der Waals surface area contributed by atoms with Crippen LogP contribution in [0.5, 0.6) is 5.75 Å². The molecule has 1 aromatic rings. The highest BCUT2D eigenvalue weighted by atomic mass is 19.4. The SMILES string of the molecule is CC(O)CC1CCCN1C(=O)CCc1ccccc1OC(F)(F)F. The number of carbonyl (C=O) groups excluding carboxylic acids is 1. The van der Waals surface area contributed by atoms with E-state index in [1.54, 1.807) is 17.9 Å². The van der Waals surface area contributed by atoms with Gasteiger partial charge in [0, 0.05) is 19.0 Å². The second kappa shape index (κ2) is 7.88. The predicted molar refractivity (Wildman–Crippen MR) is 82.5 cm³/mol. The van der Waals surface area contributed by atoms with Gasteiger partial charge in [-0.15, -0.1) is 13.2 Å². The normalized spacial score (nSPS) is 19.4. The van der Waals surface area contributed by atoms with Crippen LogP contribution in [0.15, 0.2) is 24.3 Å². The number of hydrogen-bond donors (Lipinski definition) is 1. The van der Waals surface area contributed by atoms with Gasteiger partial charge >= 0.3 is 6.36 Å². The molecule has 1 amide bonds. The Morgan fingerprint density at radius 2 is 2.12 bits per heavy atom. The number of alkyl halides is 3. The third kappa shape index (κ3) is 5.40. The number of nitrogens with zero attached hydrogens (tertiary/aromatic N) is 1. The van der Waals surface area contributed by atoms with Gasteiger partial charge in [0.15, 0.2) is 0 Å². The van der Waals surface area contributed by atoms with Gasteiger partial charge in [0.05, 0.1) is 6.10 Å². The van der Waals surface area contributed by atoms with Gasteiger partial charge in [0.2, 0.25) is 5.91 Å². The highest BCUT2D eigenvalue weighted by Crippen LogP contribution is 2.28. The standard InChI is InChI=1S/C17H22F3NO3/c1-12(22)11-14-6-4-10-21(14)16(23)9-8-13-5-2-3-7-15(13)24-17(18,19)20/h2-3,5,7,12,14,22H,4,6,8-11H2,1H3. The van der Waals surface area contributed by atoms with E-state index in [1.807, 2.05) is 0 Å². The molecule has 1 heterocycles. The van der Waals surface area contributed by atoms with Crippen LogP contribution >= 0.6 is 0 Å². The topological polar surface area (TPSA) is 49.8 Å². The first kappa shape index (κ1) is 18.6. The smallest absolute Gasteiger partial charge is 0.406 e. The quantitative estimate of drug-likeness (QED) is 0.861. The molecule has 2 rings (SSSR count). The van der Waals surface area contributed by atoms with Gasteiger partial charge in [-0.1, -0.05) is 18.2 Å². The van der Waals surface area contributed by atoms with E-state index in [2.05, 4.69) is 4.74 Å². The molecule has 7 heteroatoms. The molecule has 1 aliphatic heterocycles. The molecule has 0 radical (unpaired) electrons. The molecule has 24 heavy (non-hydrogen) atoms. The first-order valence-electron chi connectivity index (χ1n) is 8.07. The maximum atomic E-state index is 12.4. The highest BCUT2D eigenvalue weighted by Gasteiger charge is 2.32. The lowest BCUT2D eigenvalue weighted by molar-refractivity contribution is -0.274. The van der Waals surface area contributed by atoms with Crippen LogP contribution < -0.4 is 4.74 Å². The van der Waals surface area contributed by atoms with Crippen molar-refractivity contribution in [3.8, 4) is 5.75 Å². The maximum Gasteiger partial charge on any atom is 0.573 e. The minimum Gasteiger partial charge on any atom is -0.406 e. The largest absolute Gasteiger partial charge is 0.573 e. The van der Waals surface area contributed by atoms with E-state index in [9.17, 15) is 23.1 Å². The molecule has 2 atom stereocenters. The molecule has 1 aromatic carbocycles. The third-order valence-corrected chi connectivity index (χ3v) is 4.12. The molecule has 1 fully saturated rings. The Kier molecular flexibility index (Phi) is 6.10. The molecular weight excluding hydrogens is 323 g/mol. The summed E-state index contributed by atoms with van der Waals surface area (Å²) in [6, 6.07) is 5.88.